The summed E-state index contributed by atoms with van der Waals surface area (Å²) in [5, 5.41) is 6.67. The number of nitrogens with one attached hydrogen (secondary N) is 2. The number of hydrogen-bond acceptors (Lipinski definition) is 4. The van der Waals surface area contributed by atoms with Crippen LogP contribution < -0.4 is 15.4 Å². The molecular weight excluding hydrogens is 292 g/mol. The fourth-order valence-corrected chi connectivity index (χ4v) is 2.26. The molecule has 0 heterocycles. The number of rotatable bonds is 9. The van der Waals surface area contributed by atoms with Crippen molar-refractivity contribution in [3.8, 4) is 5.75 Å². The molecule has 0 aliphatic carbocycles. The van der Waals surface area contributed by atoms with Gasteiger partial charge < -0.3 is 25.0 Å². The first-order valence-corrected chi connectivity index (χ1v) is 7.86. The molecule has 0 aliphatic rings. The highest BCUT2D eigenvalue weighted by atomic mass is 16.5. The van der Waals surface area contributed by atoms with Gasteiger partial charge in [0.25, 0.3) is 0 Å². The molecule has 0 radical (unpaired) electrons. The Balaban J connectivity index is 2.57. The van der Waals surface area contributed by atoms with Gasteiger partial charge in [0.05, 0.1) is 13.2 Å². The minimum Gasteiger partial charge on any atom is -0.497 e. The van der Waals surface area contributed by atoms with Crippen molar-refractivity contribution in [3.63, 3.8) is 0 Å². The van der Waals surface area contributed by atoms with Crippen LogP contribution in [-0.4, -0.2) is 65.9 Å². The van der Waals surface area contributed by atoms with E-state index >= 15 is 0 Å². The smallest absolute Gasteiger partial charge is 0.191 e. The average Bonchev–Trinajstić information content (AvgIpc) is 2.57. The van der Waals surface area contributed by atoms with Crippen molar-refractivity contribution in [2.75, 3.05) is 55.1 Å². The zero-order chi connectivity index (χ0) is 17.1. The Hall–Kier alpha value is -1.79. The van der Waals surface area contributed by atoms with Crippen molar-refractivity contribution in [2.24, 2.45) is 4.99 Å². The minimum absolute atomic E-state index is 0.249. The second-order valence-electron chi connectivity index (χ2n) is 5.48. The van der Waals surface area contributed by atoms with Crippen LogP contribution in [0.4, 0.5) is 0 Å². The highest BCUT2D eigenvalue weighted by Crippen LogP contribution is 2.20. The van der Waals surface area contributed by atoms with Gasteiger partial charge >= 0.3 is 0 Å². The van der Waals surface area contributed by atoms with Crippen LogP contribution in [0.1, 0.15) is 18.0 Å². The third-order valence-corrected chi connectivity index (χ3v) is 3.63. The summed E-state index contributed by atoms with van der Waals surface area (Å²) in [6.07, 6.45) is 0.951. The molecule has 130 valence electrons. The maximum Gasteiger partial charge on any atom is 0.191 e. The van der Waals surface area contributed by atoms with Crippen molar-refractivity contribution in [1.82, 2.24) is 15.5 Å². The zero-order valence-corrected chi connectivity index (χ0v) is 14.9. The van der Waals surface area contributed by atoms with E-state index in [-0.39, 0.29) is 6.04 Å². The average molecular weight is 322 g/mol. The number of likely N-dealkylation sites (N-methyl/N-ethyl adjacent to an activating group) is 1. The van der Waals surface area contributed by atoms with Crippen molar-refractivity contribution in [2.45, 2.75) is 12.5 Å². The fourth-order valence-electron chi connectivity index (χ4n) is 2.26. The predicted octanol–water partition coefficient (Wildman–Crippen LogP) is 1.50. The molecule has 0 fully saturated rings. The van der Waals surface area contributed by atoms with Gasteiger partial charge in [0.2, 0.25) is 0 Å². The molecule has 6 nitrogen and oxygen atoms in total. The fraction of sp³-hybridized carbons (Fsp3) is 0.588. The van der Waals surface area contributed by atoms with Gasteiger partial charge in [0, 0.05) is 33.9 Å². The van der Waals surface area contributed by atoms with Crippen LogP contribution in [0.15, 0.2) is 29.3 Å². The molecule has 0 aliphatic heterocycles. The molecule has 0 spiro atoms. The number of ether oxygens (including phenoxy) is 2. The van der Waals surface area contributed by atoms with Gasteiger partial charge in [-0.1, -0.05) is 12.1 Å². The molecule has 0 saturated heterocycles. The number of aliphatic imine (C=N–C) groups is 1. The lowest BCUT2D eigenvalue weighted by molar-refractivity contribution is 0.195. The van der Waals surface area contributed by atoms with E-state index in [1.54, 1.807) is 21.3 Å². The van der Waals surface area contributed by atoms with Gasteiger partial charge in [-0.2, -0.15) is 0 Å². The van der Waals surface area contributed by atoms with Crippen molar-refractivity contribution in [3.05, 3.63) is 29.8 Å². The van der Waals surface area contributed by atoms with Crippen LogP contribution in [0.2, 0.25) is 0 Å². The maximum absolute atomic E-state index is 5.22. The summed E-state index contributed by atoms with van der Waals surface area (Å²) in [7, 11) is 9.32. The van der Waals surface area contributed by atoms with E-state index in [4.69, 9.17) is 9.47 Å². The van der Waals surface area contributed by atoms with Gasteiger partial charge in [-0.05, 0) is 38.2 Å². The summed E-state index contributed by atoms with van der Waals surface area (Å²) in [5.74, 6) is 1.68. The SMILES string of the molecule is CN=C(NCCCOC)NCC(c1ccc(OC)cc1)N(C)C. The molecular formula is C17H30N4O2. The highest BCUT2D eigenvalue weighted by molar-refractivity contribution is 5.79. The van der Waals surface area contributed by atoms with Crippen LogP contribution >= 0.6 is 0 Å². The summed E-state index contributed by atoms with van der Waals surface area (Å²) < 4.78 is 10.3. The maximum atomic E-state index is 5.22. The molecule has 1 rings (SSSR count). The third kappa shape index (κ3) is 6.88. The molecule has 2 N–H and O–H groups in total. The van der Waals surface area contributed by atoms with Gasteiger partial charge in [0.1, 0.15) is 5.75 Å². The monoisotopic (exact) mass is 322 g/mol. The molecule has 1 atom stereocenters. The molecule has 6 heteroatoms. The minimum atomic E-state index is 0.249. The Bertz CT molecular complexity index is 460. The molecule has 1 aromatic carbocycles. The van der Waals surface area contributed by atoms with Crippen LogP contribution in [-0.2, 0) is 4.74 Å². The van der Waals surface area contributed by atoms with Gasteiger partial charge in [-0.15, -0.1) is 0 Å². The van der Waals surface area contributed by atoms with Crippen LogP contribution in [0.5, 0.6) is 5.75 Å². The van der Waals surface area contributed by atoms with E-state index in [1.165, 1.54) is 5.56 Å². The zero-order valence-electron chi connectivity index (χ0n) is 14.9. The summed E-state index contributed by atoms with van der Waals surface area (Å²) in [6.45, 7) is 2.35. The standard InChI is InChI=1S/C17H30N4O2/c1-18-17(19-11-6-12-22-4)20-13-16(21(2)3)14-7-9-15(23-5)10-8-14/h7-10,16H,6,11-13H2,1-5H3,(H2,18,19,20). The second-order valence-corrected chi connectivity index (χ2v) is 5.48. The Morgan fingerprint density at radius 1 is 1.17 bits per heavy atom. The van der Waals surface area contributed by atoms with Crippen molar-refractivity contribution in [1.29, 1.82) is 0 Å². The number of guanidine groups is 1. The number of nitrogens with zero attached hydrogens (tertiary/aromatic N) is 2. The highest BCUT2D eigenvalue weighted by Gasteiger charge is 2.14. The van der Waals surface area contributed by atoms with Gasteiger partial charge in [-0.25, -0.2) is 0 Å². The number of hydrogen-bond donors (Lipinski definition) is 2. The Morgan fingerprint density at radius 2 is 1.87 bits per heavy atom. The molecule has 0 saturated carbocycles. The Labute approximate surface area is 139 Å². The molecule has 0 aromatic heterocycles. The topological polar surface area (TPSA) is 58.1 Å². The quantitative estimate of drug-likeness (QED) is 0.410. The number of methoxy groups -OCH3 is 2. The van der Waals surface area contributed by atoms with Crippen LogP contribution in [0.3, 0.4) is 0 Å². The van der Waals surface area contributed by atoms with E-state index in [9.17, 15) is 0 Å². The molecule has 0 bridgehead atoms. The van der Waals surface area contributed by atoms with Crippen LogP contribution in [0, 0.1) is 0 Å². The van der Waals surface area contributed by atoms with E-state index in [0.29, 0.717) is 0 Å². The summed E-state index contributed by atoms with van der Waals surface area (Å²) in [6, 6.07) is 8.42. The van der Waals surface area contributed by atoms with Crippen LogP contribution in [0.25, 0.3) is 0 Å². The Morgan fingerprint density at radius 3 is 2.39 bits per heavy atom. The first-order chi connectivity index (χ1) is 11.1. The van der Waals surface area contributed by atoms with E-state index < -0.39 is 0 Å². The van der Waals surface area contributed by atoms with E-state index in [2.05, 4.69) is 46.8 Å². The lowest BCUT2D eigenvalue weighted by Crippen LogP contribution is -2.42. The van der Waals surface area contributed by atoms with Crippen molar-refractivity contribution >= 4 is 5.96 Å². The van der Waals surface area contributed by atoms with Gasteiger partial charge in [0.15, 0.2) is 5.96 Å². The number of benzene rings is 1. The summed E-state index contributed by atoms with van der Waals surface area (Å²) in [4.78, 5) is 6.44. The van der Waals surface area contributed by atoms with E-state index in [0.717, 1.165) is 37.8 Å². The van der Waals surface area contributed by atoms with E-state index in [1.807, 2.05) is 12.1 Å². The Kier molecular flexibility index (Phi) is 9.09. The summed E-state index contributed by atoms with van der Waals surface area (Å²) >= 11 is 0. The lowest BCUT2D eigenvalue weighted by Gasteiger charge is -2.26. The third-order valence-electron chi connectivity index (χ3n) is 3.63. The summed E-state index contributed by atoms with van der Waals surface area (Å²) in [5.41, 5.74) is 1.23. The first kappa shape index (κ1) is 19.3. The first-order valence-electron chi connectivity index (χ1n) is 7.86. The molecule has 23 heavy (non-hydrogen) atoms. The lowest BCUT2D eigenvalue weighted by atomic mass is 10.1. The molecule has 1 aromatic rings. The normalized spacial score (nSPS) is 13.0. The van der Waals surface area contributed by atoms with Gasteiger partial charge in [-0.3, -0.25) is 4.99 Å². The largest absolute Gasteiger partial charge is 0.497 e. The van der Waals surface area contributed by atoms with Crippen molar-refractivity contribution < 1.29 is 9.47 Å². The molecule has 1 unspecified atom stereocenters. The molecule has 0 amide bonds. The predicted molar refractivity (Wildman–Crippen MR) is 95.3 cm³/mol. The second kappa shape index (κ2) is 10.9.